The van der Waals surface area contributed by atoms with Gasteiger partial charge in [0.15, 0.2) is 0 Å². The Bertz CT molecular complexity index is 328. The van der Waals surface area contributed by atoms with E-state index in [9.17, 15) is 8.42 Å². The third kappa shape index (κ3) is 4.77. The molecule has 0 radical (unpaired) electrons. The van der Waals surface area contributed by atoms with Crippen molar-refractivity contribution < 1.29 is 13.6 Å². The van der Waals surface area contributed by atoms with Crippen LogP contribution in [0.2, 0.25) is 0 Å². The molecule has 4 N–H and O–H groups in total. The first-order valence-corrected chi connectivity index (χ1v) is 6.48. The van der Waals surface area contributed by atoms with Crippen LogP contribution in [0.4, 0.5) is 0 Å². The first-order valence-electron chi connectivity index (χ1n) is 5.04. The molecule has 0 aliphatic carbocycles. The molecule has 0 aromatic rings. The molecular formula is C8H20N4O3S. The molecule has 0 aromatic heterocycles. The maximum Gasteiger partial charge on any atom is 0.279 e. The van der Waals surface area contributed by atoms with Crippen LogP contribution in [0.25, 0.3) is 0 Å². The highest BCUT2D eigenvalue weighted by atomic mass is 32.2. The highest BCUT2D eigenvalue weighted by molar-refractivity contribution is 7.87. The van der Waals surface area contributed by atoms with E-state index in [0.29, 0.717) is 6.54 Å². The third-order valence-corrected chi connectivity index (χ3v) is 3.85. The molecule has 0 amide bonds. The Kier molecular flexibility index (Phi) is 6.31. The molecule has 0 spiro atoms. The molecule has 0 fully saturated rings. The predicted molar refractivity (Wildman–Crippen MR) is 62.5 cm³/mol. The standard InChI is InChI=1S/C8H20N4O3S/c1-4-5-10-16(14,15)12(3)7(2)6-8(9)11-13/h7,10,13H,4-6H2,1-3H3,(H2,9,11). The smallest absolute Gasteiger partial charge is 0.279 e. The van der Waals surface area contributed by atoms with Gasteiger partial charge in [-0.3, -0.25) is 0 Å². The zero-order chi connectivity index (χ0) is 12.8. The van der Waals surface area contributed by atoms with Gasteiger partial charge in [-0.25, -0.2) is 4.72 Å². The molecule has 0 aliphatic heterocycles. The minimum Gasteiger partial charge on any atom is -0.409 e. The maximum atomic E-state index is 11.7. The zero-order valence-corrected chi connectivity index (χ0v) is 10.7. The number of amidine groups is 1. The monoisotopic (exact) mass is 252 g/mol. The molecule has 96 valence electrons. The highest BCUT2D eigenvalue weighted by Crippen LogP contribution is 2.05. The highest BCUT2D eigenvalue weighted by Gasteiger charge is 2.23. The summed E-state index contributed by atoms with van der Waals surface area (Å²) in [6.07, 6.45) is 0.904. The predicted octanol–water partition coefficient (Wildman–Crippen LogP) is -0.312. The Hall–Kier alpha value is -0.860. The lowest BCUT2D eigenvalue weighted by molar-refractivity contribution is 0.313. The van der Waals surface area contributed by atoms with Crippen LogP contribution in [0.1, 0.15) is 26.7 Å². The molecule has 1 atom stereocenters. The molecule has 0 heterocycles. The molecule has 8 heteroatoms. The molecule has 0 bridgehead atoms. The van der Waals surface area contributed by atoms with E-state index < -0.39 is 10.2 Å². The van der Waals surface area contributed by atoms with Crippen molar-refractivity contribution in [2.75, 3.05) is 13.6 Å². The minimum atomic E-state index is -3.48. The van der Waals surface area contributed by atoms with Gasteiger partial charge in [-0.2, -0.15) is 12.7 Å². The Morgan fingerprint density at radius 2 is 2.19 bits per heavy atom. The summed E-state index contributed by atoms with van der Waals surface area (Å²) in [5.74, 6) is 0.00467. The summed E-state index contributed by atoms with van der Waals surface area (Å²) in [5.41, 5.74) is 5.31. The fourth-order valence-corrected chi connectivity index (χ4v) is 2.26. The number of hydrogen-bond donors (Lipinski definition) is 3. The van der Waals surface area contributed by atoms with Gasteiger partial charge in [-0.15, -0.1) is 0 Å². The van der Waals surface area contributed by atoms with Crippen molar-refractivity contribution in [3.05, 3.63) is 0 Å². The van der Waals surface area contributed by atoms with E-state index in [4.69, 9.17) is 10.9 Å². The summed E-state index contributed by atoms with van der Waals surface area (Å²) in [7, 11) is -2.03. The molecule has 7 nitrogen and oxygen atoms in total. The summed E-state index contributed by atoms with van der Waals surface area (Å²) >= 11 is 0. The summed E-state index contributed by atoms with van der Waals surface area (Å²) in [5, 5.41) is 11.2. The number of rotatable bonds is 7. The second-order valence-corrected chi connectivity index (χ2v) is 5.37. The molecule has 0 saturated heterocycles. The van der Waals surface area contributed by atoms with E-state index >= 15 is 0 Å². The van der Waals surface area contributed by atoms with E-state index in [1.165, 1.54) is 11.4 Å². The van der Waals surface area contributed by atoms with E-state index in [1.807, 2.05) is 6.92 Å². The number of nitrogens with one attached hydrogen (secondary N) is 1. The normalized spacial score (nSPS) is 15.4. The molecule has 0 aromatic carbocycles. The topological polar surface area (TPSA) is 108 Å². The van der Waals surface area contributed by atoms with Crippen LogP contribution in [0.5, 0.6) is 0 Å². The molecule has 0 saturated carbocycles. The maximum absolute atomic E-state index is 11.7. The Morgan fingerprint density at radius 1 is 1.62 bits per heavy atom. The summed E-state index contributed by atoms with van der Waals surface area (Å²) in [4.78, 5) is 0. The van der Waals surface area contributed by atoms with Crippen molar-refractivity contribution in [2.24, 2.45) is 10.9 Å². The van der Waals surface area contributed by atoms with E-state index in [1.54, 1.807) is 6.92 Å². The quantitative estimate of drug-likeness (QED) is 0.250. The Balaban J connectivity index is 4.47. The Labute approximate surface area is 96.5 Å². The van der Waals surface area contributed by atoms with Gasteiger partial charge in [0.05, 0.1) is 0 Å². The molecule has 1 unspecified atom stereocenters. The van der Waals surface area contributed by atoms with E-state index in [-0.39, 0.29) is 18.3 Å². The van der Waals surface area contributed by atoms with E-state index in [0.717, 1.165) is 6.42 Å². The second-order valence-electron chi connectivity index (χ2n) is 3.56. The van der Waals surface area contributed by atoms with Crippen molar-refractivity contribution in [2.45, 2.75) is 32.7 Å². The van der Waals surface area contributed by atoms with Crippen molar-refractivity contribution in [1.29, 1.82) is 0 Å². The fourth-order valence-electron chi connectivity index (χ4n) is 1.04. The largest absolute Gasteiger partial charge is 0.409 e. The molecule has 16 heavy (non-hydrogen) atoms. The number of nitrogens with zero attached hydrogens (tertiary/aromatic N) is 2. The number of hydrogen-bond acceptors (Lipinski definition) is 4. The van der Waals surface area contributed by atoms with Crippen molar-refractivity contribution in [1.82, 2.24) is 9.03 Å². The minimum absolute atomic E-state index is 0.00467. The third-order valence-electron chi connectivity index (χ3n) is 2.17. The summed E-state index contributed by atoms with van der Waals surface area (Å²) in [6, 6.07) is -0.370. The lowest BCUT2D eigenvalue weighted by Crippen LogP contribution is -2.44. The van der Waals surface area contributed by atoms with Crippen molar-refractivity contribution in [3.8, 4) is 0 Å². The SMILES string of the molecule is CCCNS(=O)(=O)N(C)C(C)CC(N)=NO. The van der Waals surface area contributed by atoms with Gasteiger partial charge in [0.25, 0.3) is 10.2 Å². The second kappa shape index (κ2) is 6.66. The van der Waals surface area contributed by atoms with E-state index in [2.05, 4.69) is 9.88 Å². The van der Waals surface area contributed by atoms with Crippen LogP contribution in [0, 0.1) is 0 Å². The van der Waals surface area contributed by atoms with Gasteiger partial charge in [-0.1, -0.05) is 12.1 Å². The van der Waals surface area contributed by atoms with Crippen molar-refractivity contribution >= 4 is 16.0 Å². The van der Waals surface area contributed by atoms with Gasteiger partial charge in [0, 0.05) is 26.1 Å². The van der Waals surface area contributed by atoms with Crippen LogP contribution in [0.3, 0.4) is 0 Å². The zero-order valence-electron chi connectivity index (χ0n) is 9.84. The first-order chi connectivity index (χ1) is 7.35. The van der Waals surface area contributed by atoms with Crippen LogP contribution >= 0.6 is 0 Å². The lowest BCUT2D eigenvalue weighted by atomic mass is 10.2. The first kappa shape index (κ1) is 15.1. The lowest BCUT2D eigenvalue weighted by Gasteiger charge is -2.23. The van der Waals surface area contributed by atoms with Crippen LogP contribution < -0.4 is 10.5 Å². The molecular weight excluding hydrogens is 232 g/mol. The van der Waals surface area contributed by atoms with Crippen LogP contribution in [0.15, 0.2) is 5.16 Å². The molecule has 0 aliphatic rings. The van der Waals surface area contributed by atoms with Crippen LogP contribution in [-0.2, 0) is 10.2 Å². The number of oxime groups is 1. The van der Waals surface area contributed by atoms with Gasteiger partial charge in [-0.05, 0) is 13.3 Å². The summed E-state index contributed by atoms with van der Waals surface area (Å²) < 4.78 is 26.9. The van der Waals surface area contributed by atoms with Gasteiger partial charge < -0.3 is 10.9 Å². The van der Waals surface area contributed by atoms with Crippen molar-refractivity contribution in [3.63, 3.8) is 0 Å². The van der Waals surface area contributed by atoms with Gasteiger partial charge >= 0.3 is 0 Å². The number of nitrogens with two attached hydrogens (primary N) is 1. The van der Waals surface area contributed by atoms with Crippen LogP contribution in [-0.4, -0.2) is 43.4 Å². The average molecular weight is 252 g/mol. The van der Waals surface area contributed by atoms with Gasteiger partial charge in [0.2, 0.25) is 0 Å². The fraction of sp³-hybridized carbons (Fsp3) is 0.875. The van der Waals surface area contributed by atoms with Gasteiger partial charge in [0.1, 0.15) is 5.84 Å². The Morgan fingerprint density at radius 3 is 2.62 bits per heavy atom. The molecule has 0 rings (SSSR count). The summed E-state index contributed by atoms with van der Waals surface area (Å²) in [6.45, 7) is 3.95. The average Bonchev–Trinajstić information content (AvgIpc) is 2.24.